The van der Waals surface area contributed by atoms with Gasteiger partial charge in [-0.05, 0) is 43.4 Å². The molecule has 0 radical (unpaired) electrons. The van der Waals surface area contributed by atoms with Crippen molar-refractivity contribution in [2.45, 2.75) is 104 Å². The molecule has 1 aromatic rings. The lowest BCUT2D eigenvalue weighted by molar-refractivity contribution is -0.149. The largest absolute Gasteiger partial charge is 0.465 e. The van der Waals surface area contributed by atoms with Crippen LogP contribution < -0.4 is 4.18 Å². The van der Waals surface area contributed by atoms with Gasteiger partial charge in [-0.3, -0.25) is 14.1 Å². The molecule has 0 aliphatic carbocycles. The van der Waals surface area contributed by atoms with Crippen molar-refractivity contribution < 1.29 is 36.2 Å². The van der Waals surface area contributed by atoms with Crippen molar-refractivity contribution in [3.8, 4) is 5.75 Å². The third-order valence-corrected chi connectivity index (χ3v) is 6.30. The van der Waals surface area contributed by atoms with Crippen molar-refractivity contribution in [1.82, 2.24) is 0 Å². The van der Waals surface area contributed by atoms with E-state index in [2.05, 4.69) is 18.0 Å². The third-order valence-electron chi connectivity index (χ3n) is 5.90. The summed E-state index contributed by atoms with van der Waals surface area (Å²) < 4.78 is 45.8. The molecule has 0 saturated carbocycles. The van der Waals surface area contributed by atoms with Gasteiger partial charge >= 0.3 is 22.3 Å². The van der Waals surface area contributed by atoms with Gasteiger partial charge in [0.15, 0.2) is 0 Å². The zero-order valence-corrected chi connectivity index (χ0v) is 22.7. The second-order valence-electron chi connectivity index (χ2n) is 9.25. The molecule has 1 aromatic carbocycles. The second kappa shape index (κ2) is 19.0. The Morgan fingerprint density at radius 1 is 0.778 bits per heavy atom. The van der Waals surface area contributed by atoms with Crippen LogP contribution in [0.15, 0.2) is 24.3 Å². The number of aryl methyl sites for hydroxylation is 1. The molecule has 9 heteroatoms. The van der Waals surface area contributed by atoms with Gasteiger partial charge in [0.25, 0.3) is 0 Å². The van der Waals surface area contributed by atoms with Gasteiger partial charge in [-0.1, -0.05) is 77.3 Å². The number of rotatable bonds is 21. The highest BCUT2D eigenvalue weighted by molar-refractivity contribution is 7.81. The smallest absolute Gasteiger partial charge is 0.446 e. The van der Waals surface area contributed by atoms with Crippen LogP contribution in [0.5, 0.6) is 5.75 Å². The van der Waals surface area contributed by atoms with Gasteiger partial charge in [-0.2, -0.15) is 8.42 Å². The number of carbonyl (C=O) groups excluding carboxylic acids is 2. The van der Waals surface area contributed by atoms with Crippen LogP contribution in [0, 0.1) is 5.92 Å². The average molecular weight is 529 g/mol. The Morgan fingerprint density at radius 3 is 1.69 bits per heavy atom. The molecule has 1 N–H and O–H groups in total. The summed E-state index contributed by atoms with van der Waals surface area (Å²) in [4.78, 5) is 24.3. The van der Waals surface area contributed by atoms with Gasteiger partial charge in [-0.25, -0.2) is 0 Å². The van der Waals surface area contributed by atoms with Crippen molar-refractivity contribution in [3.63, 3.8) is 0 Å². The van der Waals surface area contributed by atoms with Crippen molar-refractivity contribution in [1.29, 1.82) is 0 Å². The molecule has 8 nitrogen and oxygen atoms in total. The minimum atomic E-state index is -4.57. The molecule has 0 aliphatic heterocycles. The Labute approximate surface area is 217 Å². The van der Waals surface area contributed by atoms with Crippen LogP contribution in [0.25, 0.3) is 0 Å². The Kier molecular flexibility index (Phi) is 16.9. The molecule has 0 spiro atoms. The van der Waals surface area contributed by atoms with Crippen molar-refractivity contribution in [3.05, 3.63) is 29.8 Å². The van der Waals surface area contributed by atoms with E-state index in [9.17, 15) is 18.0 Å². The van der Waals surface area contributed by atoms with Gasteiger partial charge in [0.2, 0.25) is 0 Å². The number of ether oxygens (including phenoxy) is 2. The minimum absolute atomic E-state index is 0.0125. The predicted octanol–water partition coefficient (Wildman–Crippen LogP) is 6.22. The molecular formula is C27H44O8S. The first kappa shape index (κ1) is 31.9. The molecule has 0 heterocycles. The van der Waals surface area contributed by atoms with Gasteiger partial charge < -0.3 is 13.7 Å². The molecule has 36 heavy (non-hydrogen) atoms. The molecule has 0 bridgehead atoms. The van der Waals surface area contributed by atoms with Crippen LogP contribution in [0.3, 0.4) is 0 Å². The monoisotopic (exact) mass is 528 g/mol. The minimum Gasteiger partial charge on any atom is -0.465 e. The molecule has 1 rings (SSSR count). The SMILES string of the molecule is CCCCCCCC(=O)OCC(CCc1ccc(OS(=O)(=O)O)cc1)COC(=O)CCCCCCC. The van der Waals surface area contributed by atoms with E-state index in [1.54, 1.807) is 12.1 Å². The second-order valence-corrected chi connectivity index (χ2v) is 10.3. The van der Waals surface area contributed by atoms with Gasteiger partial charge in [0.1, 0.15) is 5.75 Å². The summed E-state index contributed by atoms with van der Waals surface area (Å²) in [7, 11) is -4.57. The van der Waals surface area contributed by atoms with Gasteiger partial charge in [0.05, 0.1) is 13.2 Å². The zero-order chi connectivity index (χ0) is 26.7. The first-order chi connectivity index (χ1) is 17.2. The summed E-state index contributed by atoms with van der Waals surface area (Å²) in [6.07, 6.45) is 12.6. The molecule has 0 saturated heterocycles. The Morgan fingerprint density at radius 2 is 1.25 bits per heavy atom. The highest BCUT2D eigenvalue weighted by Crippen LogP contribution is 2.18. The maximum Gasteiger partial charge on any atom is 0.446 e. The van der Waals surface area contributed by atoms with E-state index in [-0.39, 0.29) is 36.8 Å². The van der Waals surface area contributed by atoms with Crippen LogP contribution in [-0.2, 0) is 35.9 Å². The highest BCUT2D eigenvalue weighted by atomic mass is 32.3. The summed E-state index contributed by atoms with van der Waals surface area (Å²) in [5, 5.41) is 0. The first-order valence-electron chi connectivity index (χ1n) is 13.3. The Balaban J connectivity index is 2.54. The predicted molar refractivity (Wildman–Crippen MR) is 139 cm³/mol. The molecule has 0 unspecified atom stereocenters. The van der Waals surface area contributed by atoms with E-state index in [0.717, 1.165) is 56.9 Å². The lowest BCUT2D eigenvalue weighted by atomic mass is 10.0. The van der Waals surface area contributed by atoms with E-state index in [4.69, 9.17) is 14.0 Å². The molecular weight excluding hydrogens is 484 g/mol. The fraction of sp³-hybridized carbons (Fsp3) is 0.704. The normalized spacial score (nSPS) is 11.4. The van der Waals surface area contributed by atoms with Crippen molar-refractivity contribution >= 4 is 22.3 Å². The number of hydrogen-bond donors (Lipinski definition) is 1. The Hall–Kier alpha value is -2.13. The summed E-state index contributed by atoms with van der Waals surface area (Å²) in [5.74, 6) is -0.596. The quantitative estimate of drug-likeness (QED) is 0.113. The van der Waals surface area contributed by atoms with E-state index in [1.165, 1.54) is 25.0 Å². The maximum atomic E-state index is 12.2. The molecule has 0 fully saturated rings. The maximum absolute atomic E-state index is 12.2. The molecule has 0 aromatic heterocycles. The topological polar surface area (TPSA) is 116 Å². The third kappa shape index (κ3) is 17.3. The molecule has 206 valence electrons. The molecule has 0 atom stereocenters. The van der Waals surface area contributed by atoms with Crippen LogP contribution in [0.4, 0.5) is 0 Å². The lowest BCUT2D eigenvalue weighted by Gasteiger charge is -2.17. The van der Waals surface area contributed by atoms with Crippen molar-refractivity contribution in [2.75, 3.05) is 13.2 Å². The number of hydrogen-bond acceptors (Lipinski definition) is 7. The van der Waals surface area contributed by atoms with Crippen LogP contribution >= 0.6 is 0 Å². The Bertz CT molecular complexity index is 806. The van der Waals surface area contributed by atoms with Crippen LogP contribution in [0.2, 0.25) is 0 Å². The highest BCUT2D eigenvalue weighted by Gasteiger charge is 2.16. The first-order valence-corrected chi connectivity index (χ1v) is 14.7. The van der Waals surface area contributed by atoms with Crippen LogP contribution in [-0.4, -0.2) is 38.1 Å². The zero-order valence-electron chi connectivity index (χ0n) is 21.9. The summed E-state index contributed by atoms with van der Waals surface area (Å²) in [6.45, 7) is 4.66. The number of esters is 2. The van der Waals surface area contributed by atoms with Crippen LogP contribution in [0.1, 0.15) is 103 Å². The van der Waals surface area contributed by atoms with E-state index in [0.29, 0.717) is 25.7 Å². The van der Waals surface area contributed by atoms with E-state index >= 15 is 0 Å². The fourth-order valence-electron chi connectivity index (χ4n) is 3.73. The number of carbonyl (C=O) groups is 2. The molecule has 0 aliphatic rings. The van der Waals surface area contributed by atoms with E-state index < -0.39 is 10.4 Å². The lowest BCUT2D eigenvalue weighted by Crippen LogP contribution is -2.21. The van der Waals surface area contributed by atoms with Crippen molar-refractivity contribution in [2.24, 2.45) is 5.92 Å². The molecule has 0 amide bonds. The average Bonchev–Trinajstić information content (AvgIpc) is 2.83. The van der Waals surface area contributed by atoms with Gasteiger partial charge in [-0.15, -0.1) is 0 Å². The summed E-state index contributed by atoms with van der Waals surface area (Å²) in [5.41, 5.74) is 0.909. The van der Waals surface area contributed by atoms with Gasteiger partial charge in [0, 0.05) is 18.8 Å². The standard InChI is InChI=1S/C27H44O8S/c1-3-5-7-9-11-13-26(28)33-21-24(22-34-27(29)14-12-10-8-6-4-2)16-15-23-17-19-25(20-18-23)35-36(30,31)32/h17-20,24H,3-16,21-22H2,1-2H3,(H,30,31,32). The number of benzene rings is 1. The fourth-order valence-corrected chi connectivity index (χ4v) is 4.08. The van der Waals surface area contributed by atoms with E-state index in [1.807, 2.05) is 0 Å². The summed E-state index contributed by atoms with van der Waals surface area (Å²) in [6, 6.07) is 6.30. The number of unbranched alkanes of at least 4 members (excludes halogenated alkanes) is 8. The summed E-state index contributed by atoms with van der Waals surface area (Å²) >= 11 is 0.